The van der Waals surface area contributed by atoms with Gasteiger partial charge in [0.2, 0.25) is 0 Å². The Morgan fingerprint density at radius 1 is 1.33 bits per heavy atom. The lowest BCUT2D eigenvalue weighted by atomic mass is 9.74. The molecule has 2 fully saturated rings. The molecule has 3 rings (SSSR count). The smallest absolute Gasteiger partial charge is 0.387 e. The zero-order valence-corrected chi connectivity index (χ0v) is 16.9. The number of hydrogen-bond acceptors (Lipinski definition) is 7. The van der Waals surface area contributed by atoms with E-state index in [4.69, 9.17) is 9.47 Å². The van der Waals surface area contributed by atoms with Gasteiger partial charge < -0.3 is 19.3 Å². The van der Waals surface area contributed by atoms with Gasteiger partial charge in [0.25, 0.3) is 0 Å². The van der Waals surface area contributed by atoms with Gasteiger partial charge in [-0.15, -0.1) is 0 Å². The Balaban J connectivity index is 1.81. The average molecular weight is 424 g/mol. The van der Waals surface area contributed by atoms with Crippen LogP contribution in [0.25, 0.3) is 0 Å². The molecule has 1 heterocycles. The second kappa shape index (κ2) is 9.58. The van der Waals surface area contributed by atoms with Crippen LogP contribution >= 0.6 is 0 Å². The molecule has 1 aliphatic carbocycles. The fourth-order valence-corrected chi connectivity index (χ4v) is 4.10. The molecule has 1 saturated carbocycles. The fourth-order valence-electron chi connectivity index (χ4n) is 4.10. The van der Waals surface area contributed by atoms with Crippen LogP contribution < -0.4 is 9.47 Å². The van der Waals surface area contributed by atoms with Crippen LogP contribution in [0.2, 0.25) is 0 Å². The standard InChI is InChI=1S/C21H26F2N2O5/c1-28-19(27)12-25-8-6-21(13-24,7-9-25)14-2-5-17(30-20(22)23)18(10-14)29-16-4-3-15(26)11-16/h2,5,10,15-16,20,26H,3-4,6-9,11-12H2,1H3/t15-,16+/m0/s1. The molecule has 7 nitrogen and oxygen atoms in total. The van der Waals surface area contributed by atoms with Crippen molar-refractivity contribution in [3.05, 3.63) is 23.8 Å². The minimum atomic E-state index is -3.00. The summed E-state index contributed by atoms with van der Waals surface area (Å²) in [5.74, 6) is -0.271. The van der Waals surface area contributed by atoms with Crippen molar-refractivity contribution in [1.29, 1.82) is 5.26 Å². The fraction of sp³-hybridized carbons (Fsp3) is 0.619. The molecule has 1 saturated heterocycles. The molecule has 0 bridgehead atoms. The van der Waals surface area contributed by atoms with Crippen molar-refractivity contribution in [2.45, 2.75) is 56.3 Å². The van der Waals surface area contributed by atoms with Gasteiger partial charge in [-0.3, -0.25) is 9.69 Å². The van der Waals surface area contributed by atoms with Crippen molar-refractivity contribution >= 4 is 5.97 Å². The maximum Gasteiger partial charge on any atom is 0.387 e. The van der Waals surface area contributed by atoms with Gasteiger partial charge in [-0.2, -0.15) is 14.0 Å². The average Bonchev–Trinajstić information content (AvgIpc) is 3.14. The SMILES string of the molecule is COC(=O)CN1CCC(C#N)(c2ccc(OC(F)F)c(O[C@@H]3CC[C@H](O)C3)c2)CC1. The Morgan fingerprint density at radius 3 is 2.63 bits per heavy atom. The lowest BCUT2D eigenvalue weighted by molar-refractivity contribution is -0.142. The molecule has 9 heteroatoms. The van der Waals surface area contributed by atoms with Crippen LogP contribution in [0.3, 0.4) is 0 Å². The number of aliphatic hydroxyl groups excluding tert-OH is 1. The van der Waals surface area contributed by atoms with E-state index in [1.165, 1.54) is 13.2 Å². The second-order valence-electron chi connectivity index (χ2n) is 7.79. The third-order valence-corrected chi connectivity index (χ3v) is 5.87. The number of aliphatic hydroxyl groups is 1. The molecule has 1 N–H and O–H groups in total. The second-order valence-corrected chi connectivity index (χ2v) is 7.79. The van der Waals surface area contributed by atoms with Gasteiger partial charge in [0.1, 0.15) is 6.10 Å². The van der Waals surface area contributed by atoms with Crippen molar-refractivity contribution < 1.29 is 32.9 Å². The van der Waals surface area contributed by atoms with Gasteiger partial charge in [0.05, 0.1) is 31.2 Å². The predicted molar refractivity (Wildman–Crippen MR) is 102 cm³/mol. The first-order valence-electron chi connectivity index (χ1n) is 9.99. The largest absolute Gasteiger partial charge is 0.486 e. The zero-order valence-electron chi connectivity index (χ0n) is 16.9. The van der Waals surface area contributed by atoms with Crippen LogP contribution in [0, 0.1) is 11.3 Å². The normalized spacial score (nSPS) is 23.7. The highest BCUT2D eigenvalue weighted by Gasteiger charge is 2.38. The summed E-state index contributed by atoms with van der Waals surface area (Å²) in [7, 11) is 1.33. The molecule has 1 aliphatic heterocycles. The Hall–Kier alpha value is -2.44. The van der Waals surface area contributed by atoms with Crippen LogP contribution in [0.5, 0.6) is 11.5 Å². The Morgan fingerprint density at radius 2 is 2.07 bits per heavy atom. The lowest BCUT2D eigenvalue weighted by Crippen LogP contribution is -2.44. The topological polar surface area (TPSA) is 92.0 Å². The van der Waals surface area contributed by atoms with Gasteiger partial charge >= 0.3 is 12.6 Å². The number of carbonyl (C=O) groups excluding carboxylic acids is 1. The van der Waals surface area contributed by atoms with Crippen LogP contribution in [0.15, 0.2) is 18.2 Å². The number of piperidine rings is 1. The summed E-state index contributed by atoms with van der Waals surface area (Å²) in [6.45, 7) is -1.78. The molecule has 1 aromatic rings. The molecule has 0 aromatic heterocycles. The quantitative estimate of drug-likeness (QED) is 0.673. The van der Waals surface area contributed by atoms with Crippen LogP contribution in [-0.4, -0.2) is 61.5 Å². The summed E-state index contributed by atoms with van der Waals surface area (Å²) < 4.78 is 40.9. The summed E-state index contributed by atoms with van der Waals surface area (Å²) in [6.07, 6.45) is 1.83. The van der Waals surface area contributed by atoms with Gasteiger partial charge in [-0.1, -0.05) is 6.07 Å². The van der Waals surface area contributed by atoms with Crippen molar-refractivity contribution in [1.82, 2.24) is 4.90 Å². The van der Waals surface area contributed by atoms with Gasteiger partial charge in [-0.05, 0) is 43.4 Å². The highest BCUT2D eigenvalue weighted by molar-refractivity contribution is 5.71. The number of nitrogens with zero attached hydrogens (tertiary/aromatic N) is 2. The van der Waals surface area contributed by atoms with E-state index in [-0.39, 0.29) is 30.1 Å². The lowest BCUT2D eigenvalue weighted by Gasteiger charge is -2.37. The van der Waals surface area contributed by atoms with Crippen LogP contribution in [0.1, 0.15) is 37.7 Å². The van der Waals surface area contributed by atoms with Crippen molar-refractivity contribution in [3.63, 3.8) is 0 Å². The molecule has 2 atom stereocenters. The number of hydrogen-bond donors (Lipinski definition) is 1. The first-order chi connectivity index (χ1) is 14.3. The third-order valence-electron chi connectivity index (χ3n) is 5.87. The van der Waals surface area contributed by atoms with Crippen molar-refractivity contribution in [2.24, 2.45) is 0 Å². The number of ether oxygens (including phenoxy) is 3. The maximum absolute atomic E-state index is 12.8. The number of carbonyl (C=O) groups is 1. The van der Waals surface area contributed by atoms with E-state index in [1.807, 2.05) is 4.90 Å². The van der Waals surface area contributed by atoms with Crippen LogP contribution in [0.4, 0.5) is 8.78 Å². The molecular weight excluding hydrogens is 398 g/mol. The Labute approximate surface area is 174 Å². The Kier molecular flexibility index (Phi) is 7.10. The summed E-state index contributed by atoms with van der Waals surface area (Å²) in [4.78, 5) is 13.4. The minimum Gasteiger partial charge on any atom is -0.486 e. The van der Waals surface area contributed by atoms with E-state index in [2.05, 4.69) is 10.8 Å². The number of alkyl halides is 2. The van der Waals surface area contributed by atoms with Crippen LogP contribution in [-0.2, 0) is 14.9 Å². The van der Waals surface area contributed by atoms with E-state index < -0.39 is 18.1 Å². The highest BCUT2D eigenvalue weighted by Crippen LogP contribution is 2.41. The molecule has 0 radical (unpaired) electrons. The van der Waals surface area contributed by atoms with E-state index >= 15 is 0 Å². The summed E-state index contributed by atoms with van der Waals surface area (Å²) in [6, 6.07) is 7.00. The number of esters is 1. The van der Waals surface area contributed by atoms with Gasteiger partial charge in [0.15, 0.2) is 11.5 Å². The van der Waals surface area contributed by atoms with Crippen molar-refractivity contribution in [3.8, 4) is 17.6 Å². The molecule has 0 spiro atoms. The predicted octanol–water partition coefficient (Wildman–Crippen LogP) is 2.61. The van der Waals surface area contributed by atoms with E-state index in [0.717, 1.165) is 0 Å². The minimum absolute atomic E-state index is 0.0913. The number of likely N-dealkylation sites (tertiary alicyclic amines) is 1. The number of rotatable bonds is 7. The molecule has 1 aromatic carbocycles. The molecular formula is C21H26F2N2O5. The summed E-state index contributed by atoms with van der Waals surface area (Å²) >= 11 is 0. The highest BCUT2D eigenvalue weighted by atomic mass is 19.3. The monoisotopic (exact) mass is 424 g/mol. The summed E-state index contributed by atoms with van der Waals surface area (Å²) in [5.41, 5.74) is -0.151. The van der Waals surface area contributed by atoms with Gasteiger partial charge in [-0.25, -0.2) is 0 Å². The first-order valence-corrected chi connectivity index (χ1v) is 9.99. The molecule has 164 valence electrons. The van der Waals surface area contributed by atoms with E-state index in [1.54, 1.807) is 12.1 Å². The van der Waals surface area contributed by atoms with E-state index in [0.29, 0.717) is 50.8 Å². The first kappa shape index (κ1) is 22.2. The van der Waals surface area contributed by atoms with Crippen molar-refractivity contribution in [2.75, 3.05) is 26.7 Å². The molecule has 30 heavy (non-hydrogen) atoms. The molecule has 0 unspecified atom stereocenters. The zero-order chi connectivity index (χ0) is 21.7. The number of methoxy groups -OCH3 is 1. The number of nitriles is 1. The molecule has 2 aliphatic rings. The number of benzene rings is 1. The maximum atomic E-state index is 12.8. The molecule has 0 amide bonds. The summed E-state index contributed by atoms with van der Waals surface area (Å²) in [5, 5.41) is 19.7. The Bertz CT molecular complexity index is 790. The third kappa shape index (κ3) is 5.18. The van der Waals surface area contributed by atoms with E-state index in [9.17, 15) is 23.9 Å². The number of halogens is 2. The van der Waals surface area contributed by atoms with Gasteiger partial charge in [0, 0.05) is 19.5 Å².